The van der Waals surface area contributed by atoms with E-state index in [-0.39, 0.29) is 0 Å². The summed E-state index contributed by atoms with van der Waals surface area (Å²) in [5.74, 6) is 1.73. The smallest absolute Gasteiger partial charge is 0.191 e. The Hall–Kier alpha value is -2.18. The number of pyridine rings is 1. The second-order valence-corrected chi connectivity index (χ2v) is 7.20. The van der Waals surface area contributed by atoms with Crippen LogP contribution in [0.1, 0.15) is 12.6 Å². The topological polar surface area (TPSA) is 43.6 Å². The Balaban J connectivity index is 1.57. The molecule has 0 N–H and O–H groups in total. The highest BCUT2D eigenvalue weighted by molar-refractivity contribution is 7.98. The van der Waals surface area contributed by atoms with Gasteiger partial charge in [-0.05, 0) is 30.5 Å². The lowest BCUT2D eigenvalue weighted by Crippen LogP contribution is -1.99. The van der Waals surface area contributed by atoms with Gasteiger partial charge in [-0.2, -0.15) is 0 Å². The fourth-order valence-corrected chi connectivity index (χ4v) is 4.22. The molecule has 3 heterocycles. The lowest BCUT2D eigenvalue weighted by molar-refractivity contribution is 0.688. The molecule has 0 atom stereocenters. The van der Waals surface area contributed by atoms with Crippen molar-refractivity contribution in [1.29, 1.82) is 0 Å². The summed E-state index contributed by atoms with van der Waals surface area (Å²) in [4.78, 5) is 5.88. The van der Waals surface area contributed by atoms with E-state index in [2.05, 4.69) is 51.3 Å². The Morgan fingerprint density at radius 3 is 2.79 bits per heavy atom. The quantitative estimate of drug-likeness (QED) is 0.481. The van der Waals surface area contributed by atoms with Crippen LogP contribution < -0.4 is 0 Å². The number of hydrogen-bond donors (Lipinski definition) is 0. The molecular weight excluding hydrogens is 336 g/mol. The molecule has 3 aromatic heterocycles. The van der Waals surface area contributed by atoms with Gasteiger partial charge < -0.3 is 4.57 Å². The van der Waals surface area contributed by atoms with Crippen molar-refractivity contribution in [3.05, 3.63) is 59.6 Å². The fourth-order valence-electron chi connectivity index (χ4n) is 2.60. The maximum atomic E-state index is 4.73. The van der Waals surface area contributed by atoms with Crippen LogP contribution in [0.5, 0.6) is 0 Å². The maximum Gasteiger partial charge on any atom is 0.191 e. The molecule has 24 heavy (non-hydrogen) atoms. The molecule has 1 aromatic carbocycles. The Morgan fingerprint density at radius 2 is 1.96 bits per heavy atom. The number of thioether (sulfide) groups is 1. The predicted octanol–water partition coefficient (Wildman–Crippen LogP) is 4.87. The van der Waals surface area contributed by atoms with E-state index in [1.54, 1.807) is 23.1 Å². The lowest BCUT2D eigenvalue weighted by Gasteiger charge is -2.06. The van der Waals surface area contributed by atoms with Crippen molar-refractivity contribution in [3.8, 4) is 10.7 Å². The number of fused-ring (bicyclic) bond motifs is 1. The summed E-state index contributed by atoms with van der Waals surface area (Å²) in [6.07, 6.45) is 0. The first-order chi connectivity index (χ1) is 11.8. The summed E-state index contributed by atoms with van der Waals surface area (Å²) in [7, 11) is 0. The summed E-state index contributed by atoms with van der Waals surface area (Å²) >= 11 is 3.37. The van der Waals surface area contributed by atoms with Gasteiger partial charge in [-0.15, -0.1) is 21.5 Å². The van der Waals surface area contributed by atoms with Crippen molar-refractivity contribution in [1.82, 2.24) is 19.7 Å². The van der Waals surface area contributed by atoms with Crippen molar-refractivity contribution >= 4 is 34.0 Å². The van der Waals surface area contributed by atoms with Crippen molar-refractivity contribution in [2.45, 2.75) is 24.4 Å². The van der Waals surface area contributed by atoms with E-state index in [1.807, 2.05) is 24.3 Å². The third-order valence-electron chi connectivity index (χ3n) is 3.78. The van der Waals surface area contributed by atoms with E-state index < -0.39 is 0 Å². The SMILES string of the molecule is CCn1c(SCc2ccc3ccccc3n2)nnc1-c1cccs1. The molecule has 120 valence electrons. The van der Waals surface area contributed by atoms with Gasteiger partial charge in [-0.3, -0.25) is 4.98 Å². The van der Waals surface area contributed by atoms with Gasteiger partial charge >= 0.3 is 0 Å². The van der Waals surface area contributed by atoms with Gasteiger partial charge in [0.15, 0.2) is 11.0 Å². The number of benzene rings is 1. The highest BCUT2D eigenvalue weighted by atomic mass is 32.2. The normalized spacial score (nSPS) is 11.2. The molecule has 0 amide bonds. The summed E-state index contributed by atoms with van der Waals surface area (Å²) < 4.78 is 2.16. The van der Waals surface area contributed by atoms with Gasteiger partial charge in [-0.25, -0.2) is 0 Å². The van der Waals surface area contributed by atoms with Crippen LogP contribution in [0.15, 0.2) is 59.1 Å². The third-order valence-corrected chi connectivity index (χ3v) is 5.65. The molecule has 0 aliphatic heterocycles. The lowest BCUT2D eigenvalue weighted by atomic mass is 10.2. The number of hydrogen-bond acceptors (Lipinski definition) is 5. The maximum absolute atomic E-state index is 4.73. The van der Waals surface area contributed by atoms with Crippen molar-refractivity contribution in [3.63, 3.8) is 0 Å². The number of thiophene rings is 1. The summed E-state index contributed by atoms with van der Waals surface area (Å²) in [5.41, 5.74) is 2.09. The first-order valence-corrected chi connectivity index (χ1v) is 9.66. The number of rotatable bonds is 5. The largest absolute Gasteiger partial charge is 0.302 e. The molecule has 0 radical (unpaired) electrons. The van der Waals surface area contributed by atoms with Gasteiger partial charge in [0.2, 0.25) is 0 Å². The number of para-hydroxylation sites is 1. The molecule has 6 heteroatoms. The summed E-state index contributed by atoms with van der Waals surface area (Å²) in [5, 5.41) is 12.9. The van der Waals surface area contributed by atoms with Crippen LogP contribution in [0.2, 0.25) is 0 Å². The molecule has 0 aliphatic rings. The number of aromatic nitrogens is 4. The first-order valence-electron chi connectivity index (χ1n) is 7.79. The molecule has 0 spiro atoms. The highest BCUT2D eigenvalue weighted by Crippen LogP contribution is 2.28. The first kappa shape index (κ1) is 15.4. The van der Waals surface area contributed by atoms with Crippen molar-refractivity contribution in [2.75, 3.05) is 0 Å². The Morgan fingerprint density at radius 1 is 1.04 bits per heavy atom. The van der Waals surface area contributed by atoms with E-state index in [0.29, 0.717) is 0 Å². The average Bonchev–Trinajstić information content (AvgIpc) is 3.28. The van der Waals surface area contributed by atoms with Crippen LogP contribution in [-0.4, -0.2) is 19.7 Å². The van der Waals surface area contributed by atoms with Crippen LogP contribution in [0.4, 0.5) is 0 Å². The average molecular weight is 352 g/mol. The Kier molecular flexibility index (Phi) is 4.32. The van der Waals surface area contributed by atoms with E-state index in [1.165, 1.54) is 5.39 Å². The summed E-state index contributed by atoms with van der Waals surface area (Å²) in [6, 6.07) is 16.5. The van der Waals surface area contributed by atoms with E-state index in [4.69, 9.17) is 4.98 Å². The van der Waals surface area contributed by atoms with Gasteiger partial charge in [0.1, 0.15) is 0 Å². The van der Waals surface area contributed by atoms with E-state index in [0.717, 1.165) is 39.4 Å². The highest BCUT2D eigenvalue weighted by Gasteiger charge is 2.14. The zero-order valence-electron chi connectivity index (χ0n) is 13.2. The molecule has 0 aliphatic carbocycles. The van der Waals surface area contributed by atoms with Crippen LogP contribution in [-0.2, 0) is 12.3 Å². The number of nitrogens with zero attached hydrogens (tertiary/aromatic N) is 4. The standard InChI is InChI=1S/C18H16N4S2/c1-2-22-17(16-8-5-11-23-16)20-21-18(22)24-12-14-10-9-13-6-3-4-7-15(13)19-14/h3-11H,2,12H2,1H3. The molecular formula is C18H16N4S2. The monoisotopic (exact) mass is 352 g/mol. The van der Waals surface area contributed by atoms with Crippen LogP contribution in [0.25, 0.3) is 21.6 Å². The predicted molar refractivity (Wildman–Crippen MR) is 100 cm³/mol. The second-order valence-electron chi connectivity index (χ2n) is 5.31. The summed E-state index contributed by atoms with van der Waals surface area (Å²) in [6.45, 7) is 2.98. The fraction of sp³-hybridized carbons (Fsp3) is 0.167. The zero-order valence-corrected chi connectivity index (χ0v) is 14.8. The van der Waals surface area contributed by atoms with Gasteiger partial charge in [-0.1, -0.05) is 42.1 Å². The zero-order chi connectivity index (χ0) is 16.4. The molecule has 4 nitrogen and oxygen atoms in total. The molecule has 0 fully saturated rings. The Bertz CT molecular complexity index is 960. The molecule has 0 saturated heterocycles. The third kappa shape index (κ3) is 2.95. The van der Waals surface area contributed by atoms with Gasteiger partial charge in [0.25, 0.3) is 0 Å². The molecule has 0 saturated carbocycles. The van der Waals surface area contributed by atoms with Crippen LogP contribution in [0, 0.1) is 0 Å². The molecule has 0 bridgehead atoms. The Labute approximate surface area is 148 Å². The van der Waals surface area contributed by atoms with E-state index in [9.17, 15) is 0 Å². The molecule has 0 unspecified atom stereocenters. The van der Waals surface area contributed by atoms with Crippen molar-refractivity contribution in [2.24, 2.45) is 0 Å². The van der Waals surface area contributed by atoms with Crippen molar-refractivity contribution < 1.29 is 0 Å². The minimum Gasteiger partial charge on any atom is -0.302 e. The molecule has 4 rings (SSSR count). The molecule has 4 aromatic rings. The second kappa shape index (κ2) is 6.75. The van der Waals surface area contributed by atoms with Crippen LogP contribution >= 0.6 is 23.1 Å². The van der Waals surface area contributed by atoms with Gasteiger partial charge in [0.05, 0.1) is 16.1 Å². The minimum absolute atomic E-state index is 0.785. The van der Waals surface area contributed by atoms with E-state index >= 15 is 0 Å². The van der Waals surface area contributed by atoms with Gasteiger partial charge in [0, 0.05) is 17.7 Å². The van der Waals surface area contributed by atoms with Crippen LogP contribution in [0.3, 0.4) is 0 Å². The minimum atomic E-state index is 0.785.